The minimum Gasteiger partial charge on any atom is -0.396 e. The van der Waals surface area contributed by atoms with E-state index in [-0.39, 0.29) is 0 Å². The molecule has 0 aromatic heterocycles. The van der Waals surface area contributed by atoms with E-state index in [0.717, 1.165) is 11.2 Å². The van der Waals surface area contributed by atoms with Crippen molar-refractivity contribution in [1.82, 2.24) is 0 Å². The predicted octanol–water partition coefficient (Wildman–Crippen LogP) is 2.94. The molecule has 1 aliphatic carbocycles. The number of rotatable bonds is 2. The molecule has 1 N–H and O–H groups in total. The van der Waals surface area contributed by atoms with Crippen LogP contribution in [0.5, 0.6) is 0 Å². The summed E-state index contributed by atoms with van der Waals surface area (Å²) in [5.74, 6) is 1.36. The first-order chi connectivity index (χ1) is 6.81. The van der Waals surface area contributed by atoms with Gasteiger partial charge in [-0.3, -0.25) is 0 Å². The van der Waals surface area contributed by atoms with Crippen molar-refractivity contribution in [3.63, 3.8) is 0 Å². The fourth-order valence-electron chi connectivity index (χ4n) is 2.91. The molecule has 0 aromatic rings. The summed E-state index contributed by atoms with van der Waals surface area (Å²) in [6, 6.07) is 0. The Hall–Kier alpha value is 0.660. The molecule has 0 radical (unpaired) electrons. The highest BCUT2D eigenvalue weighted by Crippen LogP contribution is 2.46. The van der Waals surface area contributed by atoms with E-state index in [1.807, 2.05) is 11.8 Å². The highest BCUT2D eigenvalue weighted by molar-refractivity contribution is 8.11. The summed E-state index contributed by atoms with van der Waals surface area (Å²) < 4.78 is 0.557. The summed E-state index contributed by atoms with van der Waals surface area (Å²) >= 11 is 6.57. The molecule has 0 bridgehead atoms. The molecule has 2 fully saturated rings. The second-order valence-electron chi connectivity index (χ2n) is 4.60. The molecule has 1 heterocycles. The van der Waals surface area contributed by atoms with E-state index in [1.54, 1.807) is 0 Å². The zero-order valence-electron chi connectivity index (χ0n) is 8.56. The fourth-order valence-corrected chi connectivity index (χ4v) is 5.04. The molecule has 14 heavy (non-hydrogen) atoms. The molecular formula is C11H20OS2. The van der Waals surface area contributed by atoms with Crippen LogP contribution < -0.4 is 0 Å². The Morgan fingerprint density at radius 1 is 1.14 bits per heavy atom. The van der Waals surface area contributed by atoms with Crippen molar-refractivity contribution in [2.45, 2.75) is 48.4 Å². The summed E-state index contributed by atoms with van der Waals surface area (Å²) in [7, 11) is 0. The van der Waals surface area contributed by atoms with Gasteiger partial charge < -0.3 is 5.11 Å². The molecule has 1 nitrogen and oxygen atoms in total. The normalized spacial score (nSPS) is 44.1. The average Bonchev–Trinajstić information content (AvgIpc) is 2.65. The van der Waals surface area contributed by atoms with Gasteiger partial charge in [-0.2, -0.15) is 12.6 Å². The third-order valence-corrected chi connectivity index (χ3v) is 5.82. The molecule has 2 rings (SSSR count). The molecular weight excluding hydrogens is 212 g/mol. The van der Waals surface area contributed by atoms with E-state index in [4.69, 9.17) is 0 Å². The van der Waals surface area contributed by atoms with Crippen molar-refractivity contribution in [2.24, 2.45) is 11.8 Å². The first kappa shape index (κ1) is 11.2. The Bertz CT molecular complexity index is 186. The van der Waals surface area contributed by atoms with E-state index in [1.165, 1.54) is 38.5 Å². The Morgan fingerprint density at radius 3 is 2.57 bits per heavy atom. The topological polar surface area (TPSA) is 20.2 Å². The van der Waals surface area contributed by atoms with Gasteiger partial charge in [0, 0.05) is 16.4 Å². The monoisotopic (exact) mass is 232 g/mol. The SMILES string of the molecule is OCC1CCCCC1C1CCC(S)S1. The van der Waals surface area contributed by atoms with Crippen molar-refractivity contribution in [2.75, 3.05) is 6.61 Å². The van der Waals surface area contributed by atoms with Gasteiger partial charge in [0.1, 0.15) is 0 Å². The highest BCUT2D eigenvalue weighted by Gasteiger charge is 2.35. The third kappa shape index (κ3) is 2.42. The maximum absolute atomic E-state index is 9.36. The van der Waals surface area contributed by atoms with Crippen molar-refractivity contribution >= 4 is 24.4 Å². The van der Waals surface area contributed by atoms with Crippen LogP contribution in [0.2, 0.25) is 0 Å². The van der Waals surface area contributed by atoms with Crippen molar-refractivity contribution in [1.29, 1.82) is 0 Å². The Kier molecular flexibility index (Phi) is 4.09. The average molecular weight is 232 g/mol. The van der Waals surface area contributed by atoms with E-state index in [0.29, 0.717) is 17.1 Å². The lowest BCUT2D eigenvalue weighted by Gasteiger charge is -2.34. The maximum atomic E-state index is 9.36. The van der Waals surface area contributed by atoms with Crippen LogP contribution in [0.15, 0.2) is 0 Å². The minimum absolute atomic E-state index is 0.402. The van der Waals surface area contributed by atoms with Crippen LogP contribution in [0, 0.1) is 11.8 Å². The van der Waals surface area contributed by atoms with Crippen LogP contribution in [0.25, 0.3) is 0 Å². The lowest BCUT2D eigenvalue weighted by Crippen LogP contribution is -2.29. The van der Waals surface area contributed by atoms with Gasteiger partial charge in [0.2, 0.25) is 0 Å². The second-order valence-corrected chi connectivity index (χ2v) is 7.02. The molecule has 0 spiro atoms. The number of thioether (sulfide) groups is 1. The second kappa shape index (κ2) is 5.13. The minimum atomic E-state index is 0.402. The summed E-state index contributed by atoms with van der Waals surface area (Å²) in [5, 5.41) is 10.1. The Labute approximate surface area is 96.4 Å². The lowest BCUT2D eigenvalue weighted by atomic mass is 9.77. The van der Waals surface area contributed by atoms with E-state index >= 15 is 0 Å². The van der Waals surface area contributed by atoms with Crippen LogP contribution in [0.3, 0.4) is 0 Å². The molecule has 0 aromatic carbocycles. The summed E-state index contributed by atoms with van der Waals surface area (Å²) in [5.41, 5.74) is 0. The first-order valence-corrected chi connectivity index (χ1v) is 7.21. The molecule has 3 heteroatoms. The van der Waals surface area contributed by atoms with Gasteiger partial charge >= 0.3 is 0 Å². The zero-order valence-corrected chi connectivity index (χ0v) is 10.3. The largest absolute Gasteiger partial charge is 0.396 e. The van der Waals surface area contributed by atoms with Crippen LogP contribution in [-0.4, -0.2) is 21.5 Å². The van der Waals surface area contributed by atoms with Crippen LogP contribution in [-0.2, 0) is 0 Å². The summed E-state index contributed by atoms with van der Waals surface area (Å²) in [4.78, 5) is 0. The van der Waals surface area contributed by atoms with Gasteiger partial charge in [-0.15, -0.1) is 11.8 Å². The zero-order chi connectivity index (χ0) is 9.97. The molecule has 1 saturated heterocycles. The van der Waals surface area contributed by atoms with E-state index < -0.39 is 0 Å². The fraction of sp³-hybridized carbons (Fsp3) is 1.00. The molecule has 0 amide bonds. The molecule has 1 aliphatic heterocycles. The van der Waals surface area contributed by atoms with Crippen LogP contribution >= 0.6 is 24.4 Å². The van der Waals surface area contributed by atoms with Gasteiger partial charge in [0.15, 0.2) is 0 Å². The van der Waals surface area contributed by atoms with Gasteiger partial charge in [0.05, 0.1) is 0 Å². The van der Waals surface area contributed by atoms with E-state index in [2.05, 4.69) is 12.6 Å². The Balaban J connectivity index is 1.93. The highest BCUT2D eigenvalue weighted by atomic mass is 32.2. The van der Waals surface area contributed by atoms with Crippen LogP contribution in [0.4, 0.5) is 0 Å². The van der Waals surface area contributed by atoms with E-state index in [9.17, 15) is 5.11 Å². The smallest absolute Gasteiger partial charge is 0.0475 e. The molecule has 2 aliphatic rings. The van der Waals surface area contributed by atoms with Gasteiger partial charge in [-0.05, 0) is 37.5 Å². The molecule has 4 unspecified atom stereocenters. The van der Waals surface area contributed by atoms with Crippen molar-refractivity contribution in [3.8, 4) is 0 Å². The number of aliphatic hydroxyl groups is 1. The van der Waals surface area contributed by atoms with Gasteiger partial charge in [-0.25, -0.2) is 0 Å². The summed E-state index contributed by atoms with van der Waals surface area (Å²) in [6.07, 6.45) is 7.85. The number of hydrogen-bond donors (Lipinski definition) is 2. The maximum Gasteiger partial charge on any atom is 0.0475 e. The Morgan fingerprint density at radius 2 is 1.93 bits per heavy atom. The quantitative estimate of drug-likeness (QED) is 0.714. The third-order valence-electron chi connectivity index (χ3n) is 3.71. The first-order valence-electron chi connectivity index (χ1n) is 5.75. The van der Waals surface area contributed by atoms with Crippen molar-refractivity contribution < 1.29 is 5.11 Å². The predicted molar refractivity (Wildman–Crippen MR) is 65.9 cm³/mol. The molecule has 82 valence electrons. The van der Waals surface area contributed by atoms with Crippen LogP contribution in [0.1, 0.15) is 38.5 Å². The number of aliphatic hydroxyl groups excluding tert-OH is 1. The van der Waals surface area contributed by atoms with Crippen molar-refractivity contribution in [3.05, 3.63) is 0 Å². The standard InChI is InChI=1S/C11H20OS2/c12-7-8-3-1-2-4-9(8)10-5-6-11(13)14-10/h8-13H,1-7H2. The lowest BCUT2D eigenvalue weighted by molar-refractivity contribution is 0.132. The number of thiol groups is 1. The van der Waals surface area contributed by atoms with Gasteiger partial charge in [0.25, 0.3) is 0 Å². The molecule has 1 saturated carbocycles. The van der Waals surface area contributed by atoms with Gasteiger partial charge in [-0.1, -0.05) is 12.8 Å². The summed E-state index contributed by atoms with van der Waals surface area (Å²) in [6.45, 7) is 0.402. The molecule has 4 atom stereocenters. The number of hydrogen-bond acceptors (Lipinski definition) is 3.